The molecule has 1 amide bonds. The molecule has 0 saturated heterocycles. The standard InChI is InChI=1S/C18H20ClNO3/c1-12-4-5-13(2)17(10-12)23-9-3-8-22-16-7-6-14(19)11-15(16)18(20)21/h4-7,10-11H,3,8-9H2,1-2H3,(H2,20,21). The van der Waals surface area contributed by atoms with Crippen molar-refractivity contribution in [3.05, 3.63) is 58.1 Å². The lowest BCUT2D eigenvalue weighted by Crippen LogP contribution is -2.14. The van der Waals surface area contributed by atoms with Gasteiger partial charge in [0.25, 0.3) is 5.91 Å². The monoisotopic (exact) mass is 333 g/mol. The van der Waals surface area contributed by atoms with Gasteiger partial charge in [-0.05, 0) is 49.2 Å². The highest BCUT2D eigenvalue weighted by Crippen LogP contribution is 2.23. The fourth-order valence-electron chi connectivity index (χ4n) is 2.11. The van der Waals surface area contributed by atoms with Crippen molar-refractivity contribution in [2.45, 2.75) is 20.3 Å². The van der Waals surface area contributed by atoms with Crippen molar-refractivity contribution in [2.24, 2.45) is 5.73 Å². The highest BCUT2D eigenvalue weighted by atomic mass is 35.5. The zero-order valence-electron chi connectivity index (χ0n) is 13.3. The molecule has 0 spiro atoms. The fourth-order valence-corrected chi connectivity index (χ4v) is 2.28. The predicted molar refractivity (Wildman–Crippen MR) is 91.5 cm³/mol. The molecule has 122 valence electrons. The van der Waals surface area contributed by atoms with Gasteiger partial charge in [0.1, 0.15) is 11.5 Å². The normalized spacial score (nSPS) is 10.4. The molecule has 0 heterocycles. The van der Waals surface area contributed by atoms with Gasteiger partial charge in [0.2, 0.25) is 0 Å². The number of rotatable bonds is 7. The number of nitrogens with two attached hydrogens (primary N) is 1. The second-order valence-electron chi connectivity index (χ2n) is 5.32. The Morgan fingerprint density at radius 2 is 1.74 bits per heavy atom. The summed E-state index contributed by atoms with van der Waals surface area (Å²) in [6.07, 6.45) is 0.689. The molecule has 0 bridgehead atoms. The summed E-state index contributed by atoms with van der Waals surface area (Å²) in [6.45, 7) is 5.00. The van der Waals surface area contributed by atoms with Crippen LogP contribution in [0.1, 0.15) is 27.9 Å². The lowest BCUT2D eigenvalue weighted by Gasteiger charge is -2.12. The smallest absolute Gasteiger partial charge is 0.252 e. The molecule has 23 heavy (non-hydrogen) atoms. The van der Waals surface area contributed by atoms with E-state index in [2.05, 4.69) is 6.07 Å². The number of carbonyl (C=O) groups is 1. The van der Waals surface area contributed by atoms with E-state index in [0.29, 0.717) is 30.4 Å². The molecule has 0 aromatic heterocycles. The van der Waals surface area contributed by atoms with Crippen LogP contribution >= 0.6 is 11.6 Å². The van der Waals surface area contributed by atoms with Crippen LogP contribution < -0.4 is 15.2 Å². The average Bonchev–Trinajstić information content (AvgIpc) is 2.51. The Balaban J connectivity index is 1.84. The number of halogens is 1. The molecule has 2 aromatic rings. The molecule has 0 aliphatic heterocycles. The number of amides is 1. The topological polar surface area (TPSA) is 61.6 Å². The number of benzene rings is 2. The summed E-state index contributed by atoms with van der Waals surface area (Å²) in [4.78, 5) is 11.4. The van der Waals surface area contributed by atoms with E-state index in [1.807, 2.05) is 26.0 Å². The summed E-state index contributed by atoms with van der Waals surface area (Å²) in [7, 11) is 0. The van der Waals surface area contributed by atoms with Crippen LogP contribution in [-0.2, 0) is 0 Å². The Labute approximate surface area is 141 Å². The summed E-state index contributed by atoms with van der Waals surface area (Å²) < 4.78 is 11.4. The minimum Gasteiger partial charge on any atom is -0.493 e. The molecule has 0 fully saturated rings. The second-order valence-corrected chi connectivity index (χ2v) is 5.76. The number of hydrogen-bond acceptors (Lipinski definition) is 3. The summed E-state index contributed by atoms with van der Waals surface area (Å²) in [5, 5.41) is 0.449. The van der Waals surface area contributed by atoms with E-state index in [1.54, 1.807) is 12.1 Å². The van der Waals surface area contributed by atoms with Gasteiger partial charge in [0, 0.05) is 11.4 Å². The van der Waals surface area contributed by atoms with Gasteiger partial charge in [-0.1, -0.05) is 23.7 Å². The molecule has 0 atom stereocenters. The minimum atomic E-state index is -0.561. The maximum Gasteiger partial charge on any atom is 0.252 e. The Morgan fingerprint density at radius 1 is 1.04 bits per heavy atom. The SMILES string of the molecule is Cc1ccc(C)c(OCCCOc2ccc(Cl)cc2C(N)=O)c1. The number of aryl methyl sites for hydroxylation is 2. The first-order chi connectivity index (χ1) is 11.0. The van der Waals surface area contributed by atoms with Crippen molar-refractivity contribution in [1.29, 1.82) is 0 Å². The molecule has 0 aliphatic rings. The van der Waals surface area contributed by atoms with Crippen LogP contribution in [0.3, 0.4) is 0 Å². The minimum absolute atomic E-state index is 0.285. The number of carbonyl (C=O) groups excluding carboxylic acids is 1. The van der Waals surface area contributed by atoms with Crippen molar-refractivity contribution >= 4 is 17.5 Å². The quantitative estimate of drug-likeness (QED) is 0.781. The lowest BCUT2D eigenvalue weighted by molar-refractivity contribution is 0.0996. The van der Waals surface area contributed by atoms with Gasteiger partial charge in [-0.25, -0.2) is 0 Å². The summed E-state index contributed by atoms with van der Waals surface area (Å²) in [5.74, 6) is 0.761. The van der Waals surface area contributed by atoms with E-state index in [9.17, 15) is 4.79 Å². The van der Waals surface area contributed by atoms with Gasteiger partial charge in [-0.3, -0.25) is 4.79 Å². The van der Waals surface area contributed by atoms with Crippen LogP contribution in [0, 0.1) is 13.8 Å². The molecule has 0 aliphatic carbocycles. The first kappa shape index (κ1) is 17.2. The van der Waals surface area contributed by atoms with Crippen molar-refractivity contribution in [2.75, 3.05) is 13.2 Å². The maximum atomic E-state index is 11.4. The molecular formula is C18H20ClNO3. The van der Waals surface area contributed by atoms with Crippen molar-refractivity contribution in [3.63, 3.8) is 0 Å². The van der Waals surface area contributed by atoms with Crippen molar-refractivity contribution < 1.29 is 14.3 Å². The van der Waals surface area contributed by atoms with Gasteiger partial charge < -0.3 is 15.2 Å². The molecule has 0 radical (unpaired) electrons. The molecule has 5 heteroatoms. The number of primary amides is 1. The van der Waals surface area contributed by atoms with Gasteiger partial charge in [-0.15, -0.1) is 0 Å². The van der Waals surface area contributed by atoms with Gasteiger partial charge in [-0.2, -0.15) is 0 Å². The van der Waals surface area contributed by atoms with E-state index < -0.39 is 5.91 Å². The highest BCUT2D eigenvalue weighted by molar-refractivity contribution is 6.31. The summed E-state index contributed by atoms with van der Waals surface area (Å²) >= 11 is 5.86. The van der Waals surface area contributed by atoms with E-state index in [-0.39, 0.29) is 5.56 Å². The fraction of sp³-hybridized carbons (Fsp3) is 0.278. The molecule has 0 unspecified atom stereocenters. The third kappa shape index (κ3) is 4.89. The van der Waals surface area contributed by atoms with Crippen molar-refractivity contribution in [3.8, 4) is 11.5 Å². The molecule has 2 N–H and O–H groups in total. The largest absolute Gasteiger partial charge is 0.493 e. The van der Waals surface area contributed by atoms with Gasteiger partial charge in [0.15, 0.2) is 0 Å². The molecule has 2 rings (SSSR count). The van der Waals surface area contributed by atoms with Crippen molar-refractivity contribution in [1.82, 2.24) is 0 Å². The molecule has 0 saturated carbocycles. The number of ether oxygens (including phenoxy) is 2. The third-order valence-corrected chi connectivity index (χ3v) is 3.59. The van der Waals surface area contributed by atoms with E-state index in [4.69, 9.17) is 26.8 Å². The second kappa shape index (κ2) is 7.88. The van der Waals surface area contributed by atoms with Gasteiger partial charge >= 0.3 is 0 Å². The van der Waals surface area contributed by atoms with Gasteiger partial charge in [0.05, 0.1) is 18.8 Å². The Kier molecular flexibility index (Phi) is 5.88. The Bertz CT molecular complexity index is 701. The average molecular weight is 334 g/mol. The number of hydrogen-bond donors (Lipinski definition) is 1. The lowest BCUT2D eigenvalue weighted by atomic mass is 10.1. The molecule has 4 nitrogen and oxygen atoms in total. The predicted octanol–water partition coefficient (Wildman–Crippen LogP) is 3.90. The van der Waals surface area contributed by atoms with Crippen LogP contribution in [0.2, 0.25) is 5.02 Å². The van der Waals surface area contributed by atoms with Crippen LogP contribution in [0.5, 0.6) is 11.5 Å². The van der Waals surface area contributed by atoms with Crippen LogP contribution in [-0.4, -0.2) is 19.1 Å². The zero-order chi connectivity index (χ0) is 16.8. The highest BCUT2D eigenvalue weighted by Gasteiger charge is 2.10. The summed E-state index contributed by atoms with van der Waals surface area (Å²) in [5.41, 5.74) is 7.87. The third-order valence-electron chi connectivity index (χ3n) is 3.35. The molecule has 2 aromatic carbocycles. The molecular weight excluding hydrogens is 314 g/mol. The van der Waals surface area contributed by atoms with E-state index in [1.165, 1.54) is 6.07 Å². The maximum absolute atomic E-state index is 11.4. The van der Waals surface area contributed by atoms with E-state index >= 15 is 0 Å². The van der Waals surface area contributed by atoms with Crippen LogP contribution in [0.4, 0.5) is 0 Å². The summed E-state index contributed by atoms with van der Waals surface area (Å²) in [6, 6.07) is 10.9. The Morgan fingerprint density at radius 3 is 2.43 bits per heavy atom. The van der Waals surface area contributed by atoms with Crippen LogP contribution in [0.15, 0.2) is 36.4 Å². The van der Waals surface area contributed by atoms with Crippen LogP contribution in [0.25, 0.3) is 0 Å². The van der Waals surface area contributed by atoms with E-state index in [0.717, 1.165) is 16.9 Å². The zero-order valence-corrected chi connectivity index (χ0v) is 14.0. The first-order valence-corrected chi connectivity index (χ1v) is 7.77. The Hall–Kier alpha value is -2.20. The first-order valence-electron chi connectivity index (χ1n) is 7.39.